The van der Waals surface area contributed by atoms with Crippen molar-refractivity contribution >= 4 is 21.8 Å². The van der Waals surface area contributed by atoms with Gasteiger partial charge in [-0.3, -0.25) is 4.79 Å². The van der Waals surface area contributed by atoms with E-state index < -0.39 is 0 Å². The van der Waals surface area contributed by atoms with Crippen molar-refractivity contribution in [2.45, 2.75) is 46.6 Å². The van der Waals surface area contributed by atoms with E-state index in [9.17, 15) is 4.79 Å². The molecule has 0 aliphatic heterocycles. The van der Waals surface area contributed by atoms with Crippen LogP contribution in [0.2, 0.25) is 0 Å². The molecule has 0 bridgehead atoms. The molecule has 0 saturated heterocycles. The summed E-state index contributed by atoms with van der Waals surface area (Å²) in [6.07, 6.45) is 2.52. The first-order valence-corrected chi connectivity index (χ1v) is 6.83. The van der Waals surface area contributed by atoms with Crippen LogP contribution in [0, 0.1) is 5.41 Å². The lowest BCUT2D eigenvalue weighted by Crippen LogP contribution is -2.46. The third kappa shape index (κ3) is 4.77. The number of pyridine rings is 1. The number of amides is 1. The summed E-state index contributed by atoms with van der Waals surface area (Å²) in [5.41, 5.74) is 0.337. The number of halogens is 1. The summed E-state index contributed by atoms with van der Waals surface area (Å²) >= 11 is 3.34. The molecular weight excluding hydrogens is 292 g/mol. The van der Waals surface area contributed by atoms with Gasteiger partial charge in [-0.1, -0.05) is 20.8 Å². The van der Waals surface area contributed by atoms with Crippen LogP contribution in [-0.2, 0) is 0 Å². The first kappa shape index (κ1) is 15.2. The van der Waals surface area contributed by atoms with Crippen LogP contribution in [0.5, 0.6) is 0 Å². The standard InChI is InChI=1S/C14H21BrN2O/c1-13(2,3)9-14(4,5)17-12(18)11-10(15)7-6-8-16-11/h6-8H,9H2,1-5H3,(H,17,18). The summed E-state index contributed by atoms with van der Waals surface area (Å²) in [5.74, 6) is -0.142. The minimum Gasteiger partial charge on any atom is -0.346 e. The van der Waals surface area contributed by atoms with Crippen molar-refractivity contribution in [1.29, 1.82) is 0 Å². The molecule has 100 valence electrons. The summed E-state index contributed by atoms with van der Waals surface area (Å²) in [4.78, 5) is 16.3. The molecule has 1 rings (SSSR count). The van der Waals surface area contributed by atoms with Gasteiger partial charge in [0.1, 0.15) is 5.69 Å². The molecule has 0 radical (unpaired) electrons. The van der Waals surface area contributed by atoms with Gasteiger partial charge in [0, 0.05) is 16.2 Å². The second-order valence-electron chi connectivity index (χ2n) is 6.41. The van der Waals surface area contributed by atoms with Crippen LogP contribution in [0.1, 0.15) is 51.5 Å². The van der Waals surface area contributed by atoms with Gasteiger partial charge >= 0.3 is 0 Å². The Balaban J connectivity index is 2.79. The zero-order valence-corrected chi connectivity index (χ0v) is 13.3. The highest BCUT2D eigenvalue weighted by Gasteiger charge is 2.28. The van der Waals surface area contributed by atoms with Crippen LogP contribution >= 0.6 is 15.9 Å². The van der Waals surface area contributed by atoms with Crippen LogP contribution in [0.25, 0.3) is 0 Å². The van der Waals surface area contributed by atoms with Crippen molar-refractivity contribution in [2.24, 2.45) is 5.41 Å². The van der Waals surface area contributed by atoms with E-state index in [1.165, 1.54) is 0 Å². The minimum atomic E-state index is -0.258. The van der Waals surface area contributed by atoms with Crippen molar-refractivity contribution in [3.63, 3.8) is 0 Å². The summed E-state index contributed by atoms with van der Waals surface area (Å²) < 4.78 is 0.717. The molecule has 0 aliphatic rings. The molecule has 0 saturated carbocycles. The lowest BCUT2D eigenvalue weighted by molar-refractivity contribution is 0.0885. The van der Waals surface area contributed by atoms with Crippen LogP contribution < -0.4 is 5.32 Å². The van der Waals surface area contributed by atoms with Gasteiger partial charge in [0.25, 0.3) is 5.91 Å². The summed E-state index contributed by atoms with van der Waals surface area (Å²) in [7, 11) is 0. The quantitative estimate of drug-likeness (QED) is 0.922. The molecule has 1 heterocycles. The van der Waals surface area contributed by atoms with Gasteiger partial charge in [-0.2, -0.15) is 0 Å². The fraction of sp³-hybridized carbons (Fsp3) is 0.571. The molecule has 1 aromatic heterocycles. The van der Waals surface area contributed by atoms with Crippen LogP contribution in [-0.4, -0.2) is 16.4 Å². The topological polar surface area (TPSA) is 42.0 Å². The van der Waals surface area contributed by atoms with E-state index >= 15 is 0 Å². The number of carbonyl (C=O) groups is 1. The highest BCUT2D eigenvalue weighted by Crippen LogP contribution is 2.27. The Hall–Kier alpha value is -0.900. The smallest absolute Gasteiger partial charge is 0.271 e. The van der Waals surface area contributed by atoms with Crippen molar-refractivity contribution in [1.82, 2.24) is 10.3 Å². The largest absolute Gasteiger partial charge is 0.346 e. The zero-order chi connectivity index (χ0) is 14.0. The van der Waals surface area contributed by atoms with Crippen molar-refractivity contribution < 1.29 is 4.79 Å². The SMILES string of the molecule is CC(C)(C)CC(C)(C)NC(=O)c1ncccc1Br. The van der Waals surface area contributed by atoms with E-state index in [4.69, 9.17) is 0 Å². The lowest BCUT2D eigenvalue weighted by atomic mass is 9.82. The maximum atomic E-state index is 12.2. The first-order valence-electron chi connectivity index (χ1n) is 6.04. The highest BCUT2D eigenvalue weighted by atomic mass is 79.9. The maximum Gasteiger partial charge on any atom is 0.271 e. The Morgan fingerprint density at radius 1 is 1.33 bits per heavy atom. The predicted octanol–water partition coefficient (Wildman–Crippen LogP) is 3.79. The Bertz CT molecular complexity index is 436. The fourth-order valence-electron chi connectivity index (χ4n) is 2.29. The van der Waals surface area contributed by atoms with Gasteiger partial charge in [0.15, 0.2) is 0 Å². The maximum absolute atomic E-state index is 12.2. The minimum absolute atomic E-state index is 0.142. The van der Waals surface area contributed by atoms with E-state index in [1.807, 2.05) is 19.9 Å². The Labute approximate surface area is 118 Å². The van der Waals surface area contributed by atoms with Crippen LogP contribution in [0.4, 0.5) is 0 Å². The van der Waals surface area contributed by atoms with Gasteiger partial charge in [-0.05, 0) is 53.7 Å². The van der Waals surface area contributed by atoms with E-state index in [2.05, 4.69) is 47.0 Å². The summed E-state index contributed by atoms with van der Waals surface area (Å²) in [5, 5.41) is 3.04. The Morgan fingerprint density at radius 3 is 2.44 bits per heavy atom. The summed E-state index contributed by atoms with van der Waals surface area (Å²) in [6.45, 7) is 10.6. The van der Waals surface area contributed by atoms with E-state index in [1.54, 1.807) is 12.3 Å². The Morgan fingerprint density at radius 2 is 1.94 bits per heavy atom. The molecule has 0 aliphatic carbocycles. The highest BCUT2D eigenvalue weighted by molar-refractivity contribution is 9.10. The number of carbonyl (C=O) groups excluding carboxylic acids is 1. The molecule has 0 aromatic carbocycles. The zero-order valence-electron chi connectivity index (χ0n) is 11.7. The molecule has 18 heavy (non-hydrogen) atoms. The monoisotopic (exact) mass is 312 g/mol. The number of rotatable bonds is 3. The molecule has 0 fully saturated rings. The molecule has 1 N–H and O–H groups in total. The van der Waals surface area contributed by atoms with Gasteiger partial charge in [0.05, 0.1) is 0 Å². The summed E-state index contributed by atoms with van der Waals surface area (Å²) in [6, 6.07) is 3.61. The second-order valence-corrected chi connectivity index (χ2v) is 7.26. The van der Waals surface area contributed by atoms with Gasteiger partial charge in [-0.15, -0.1) is 0 Å². The van der Waals surface area contributed by atoms with Crippen LogP contribution in [0.15, 0.2) is 22.8 Å². The molecule has 1 amide bonds. The molecule has 3 nitrogen and oxygen atoms in total. The third-order valence-corrected chi connectivity index (χ3v) is 3.04. The number of aromatic nitrogens is 1. The fourth-order valence-corrected chi connectivity index (χ4v) is 2.72. The lowest BCUT2D eigenvalue weighted by Gasteiger charge is -2.33. The molecule has 1 aromatic rings. The van der Waals surface area contributed by atoms with Gasteiger partial charge < -0.3 is 5.32 Å². The molecular formula is C14H21BrN2O. The van der Waals surface area contributed by atoms with E-state index in [-0.39, 0.29) is 16.9 Å². The van der Waals surface area contributed by atoms with Crippen LogP contribution in [0.3, 0.4) is 0 Å². The second kappa shape index (κ2) is 5.39. The normalized spacial score (nSPS) is 12.3. The average molecular weight is 313 g/mol. The molecule has 0 unspecified atom stereocenters. The van der Waals surface area contributed by atoms with E-state index in [0.29, 0.717) is 10.2 Å². The van der Waals surface area contributed by atoms with Crippen molar-refractivity contribution in [3.05, 3.63) is 28.5 Å². The average Bonchev–Trinajstić information content (AvgIpc) is 2.12. The predicted molar refractivity (Wildman–Crippen MR) is 77.6 cm³/mol. The molecule has 4 heteroatoms. The number of nitrogens with one attached hydrogen (secondary N) is 1. The Kier molecular flexibility index (Phi) is 4.54. The first-order chi connectivity index (χ1) is 8.11. The number of nitrogens with zero attached hydrogens (tertiary/aromatic N) is 1. The molecule has 0 spiro atoms. The molecule has 0 atom stereocenters. The number of hydrogen-bond acceptors (Lipinski definition) is 2. The third-order valence-electron chi connectivity index (χ3n) is 2.40. The van der Waals surface area contributed by atoms with Gasteiger partial charge in [0.2, 0.25) is 0 Å². The number of hydrogen-bond donors (Lipinski definition) is 1. The van der Waals surface area contributed by atoms with Crippen molar-refractivity contribution in [2.75, 3.05) is 0 Å². The van der Waals surface area contributed by atoms with E-state index in [0.717, 1.165) is 6.42 Å². The van der Waals surface area contributed by atoms with Crippen molar-refractivity contribution in [3.8, 4) is 0 Å². The van der Waals surface area contributed by atoms with Gasteiger partial charge in [-0.25, -0.2) is 4.98 Å².